The smallest absolute Gasteiger partial charge is 0.340 e. The molecule has 1 N–H and O–H groups in total. The number of hydrogen-bond donors (Lipinski definition) is 1. The molecule has 5 nitrogen and oxygen atoms in total. The minimum atomic E-state index is -0.411. The fraction of sp³-hybridized carbons (Fsp3) is 0.194. The second-order valence-corrected chi connectivity index (χ2v) is 8.86. The van der Waals surface area contributed by atoms with E-state index in [1.807, 2.05) is 73.7 Å². The zero-order valence-corrected chi connectivity index (χ0v) is 20.5. The van der Waals surface area contributed by atoms with Crippen molar-refractivity contribution < 1.29 is 19.4 Å². The number of aromatic nitrogens is 1. The molecule has 0 radical (unpaired) electrons. The Balaban J connectivity index is 1.51. The summed E-state index contributed by atoms with van der Waals surface area (Å²) in [6, 6.07) is 27.1. The quantitative estimate of drug-likeness (QED) is 0.249. The summed E-state index contributed by atoms with van der Waals surface area (Å²) >= 11 is 0. The highest BCUT2D eigenvalue weighted by Crippen LogP contribution is 2.37. The maximum absolute atomic E-state index is 13.3. The Hall–Kier alpha value is -4.25. The predicted octanol–water partition coefficient (Wildman–Crippen LogP) is 6.81. The molecule has 5 heteroatoms. The first-order valence-corrected chi connectivity index (χ1v) is 12.2. The molecule has 0 bridgehead atoms. The van der Waals surface area contributed by atoms with Gasteiger partial charge in [-0.1, -0.05) is 73.7 Å². The zero-order chi connectivity index (χ0) is 25.1. The molecule has 36 heavy (non-hydrogen) atoms. The summed E-state index contributed by atoms with van der Waals surface area (Å²) in [5, 5.41) is 13.1. The summed E-state index contributed by atoms with van der Waals surface area (Å²) in [5.41, 5.74) is 4.32. The molecular formula is C31H29NO4. The van der Waals surface area contributed by atoms with Crippen molar-refractivity contribution in [2.45, 2.75) is 33.4 Å². The Bertz CT molecular complexity index is 1520. The summed E-state index contributed by atoms with van der Waals surface area (Å²) in [6.07, 6.45) is 0.984. The largest absolute Gasteiger partial charge is 0.507 e. The first-order valence-electron chi connectivity index (χ1n) is 12.2. The Kier molecular flexibility index (Phi) is 6.63. The third-order valence-electron chi connectivity index (χ3n) is 6.63. The zero-order valence-electron chi connectivity index (χ0n) is 20.5. The normalized spacial score (nSPS) is 11.2. The second-order valence-electron chi connectivity index (χ2n) is 8.86. The van der Waals surface area contributed by atoms with Crippen molar-refractivity contribution in [3.05, 3.63) is 107 Å². The van der Waals surface area contributed by atoms with E-state index in [1.54, 1.807) is 6.07 Å². The Morgan fingerprint density at radius 1 is 0.861 bits per heavy atom. The predicted molar refractivity (Wildman–Crippen MR) is 143 cm³/mol. The molecule has 0 aliphatic carbocycles. The monoisotopic (exact) mass is 479 g/mol. The summed E-state index contributed by atoms with van der Waals surface area (Å²) in [5.74, 6) is 0.539. The number of fused-ring (bicyclic) bond motifs is 3. The van der Waals surface area contributed by atoms with Gasteiger partial charge in [0.15, 0.2) is 0 Å². The van der Waals surface area contributed by atoms with Crippen molar-refractivity contribution in [2.24, 2.45) is 0 Å². The Morgan fingerprint density at radius 2 is 1.56 bits per heavy atom. The lowest BCUT2D eigenvalue weighted by Crippen LogP contribution is -2.11. The number of carbonyl (C=O) groups excluding carboxylic acids is 1. The molecule has 0 saturated carbocycles. The van der Waals surface area contributed by atoms with Crippen LogP contribution in [0.1, 0.15) is 34.1 Å². The summed E-state index contributed by atoms with van der Waals surface area (Å²) in [7, 11) is 0. The highest BCUT2D eigenvalue weighted by molar-refractivity contribution is 6.16. The van der Waals surface area contributed by atoms with Gasteiger partial charge in [-0.2, -0.15) is 0 Å². The molecule has 0 saturated heterocycles. The first kappa shape index (κ1) is 23.5. The summed E-state index contributed by atoms with van der Waals surface area (Å²) in [6.45, 7) is 5.20. The number of phenols is 1. The number of carbonyl (C=O) groups is 1. The van der Waals surface area contributed by atoms with Gasteiger partial charge in [-0.25, -0.2) is 4.79 Å². The van der Waals surface area contributed by atoms with Gasteiger partial charge in [0.2, 0.25) is 0 Å². The molecule has 182 valence electrons. The number of hydrogen-bond acceptors (Lipinski definition) is 4. The van der Waals surface area contributed by atoms with Crippen LogP contribution < -0.4 is 4.74 Å². The van der Waals surface area contributed by atoms with Gasteiger partial charge < -0.3 is 19.1 Å². The molecule has 1 aromatic heterocycles. The van der Waals surface area contributed by atoms with Crippen molar-refractivity contribution in [1.29, 1.82) is 0 Å². The number of rotatable bonds is 8. The molecule has 0 unspecified atom stereocenters. The minimum absolute atomic E-state index is 0.139. The molecule has 0 aliphatic rings. The number of esters is 1. The van der Waals surface area contributed by atoms with Crippen molar-refractivity contribution >= 4 is 27.6 Å². The number of benzene rings is 4. The van der Waals surface area contributed by atoms with Crippen molar-refractivity contribution in [3.63, 3.8) is 0 Å². The lowest BCUT2D eigenvalue weighted by molar-refractivity contribution is 0.0474. The molecule has 0 atom stereocenters. The number of aryl methyl sites for hydroxylation is 1. The lowest BCUT2D eigenvalue weighted by Gasteiger charge is -2.12. The third-order valence-corrected chi connectivity index (χ3v) is 6.63. The van der Waals surface area contributed by atoms with Crippen molar-refractivity contribution in [2.75, 3.05) is 6.61 Å². The first-order chi connectivity index (χ1) is 17.6. The van der Waals surface area contributed by atoms with E-state index in [9.17, 15) is 9.90 Å². The molecule has 0 aliphatic heterocycles. The van der Waals surface area contributed by atoms with E-state index in [1.165, 1.54) is 5.56 Å². The second kappa shape index (κ2) is 10.2. The van der Waals surface area contributed by atoms with Crippen molar-refractivity contribution in [3.8, 4) is 11.5 Å². The topological polar surface area (TPSA) is 60.7 Å². The highest BCUT2D eigenvalue weighted by atomic mass is 16.5. The number of nitrogens with zero attached hydrogens (tertiary/aromatic N) is 1. The van der Waals surface area contributed by atoms with Gasteiger partial charge in [-0.05, 0) is 42.7 Å². The summed E-state index contributed by atoms with van der Waals surface area (Å²) < 4.78 is 13.8. The maximum atomic E-state index is 13.3. The molecule has 5 rings (SSSR count). The average Bonchev–Trinajstić information content (AvgIpc) is 3.19. The van der Waals surface area contributed by atoms with Crippen LogP contribution in [0.15, 0.2) is 84.9 Å². The van der Waals surface area contributed by atoms with E-state index in [4.69, 9.17) is 9.47 Å². The molecule has 0 spiro atoms. The Morgan fingerprint density at radius 3 is 2.28 bits per heavy atom. The standard InChI is InChI=1S/C31H29NO4/c1-3-22-13-15-24(16-14-22)35-18-17-32-21(2)29(31(34)36-20-23-9-5-4-6-10-23)27-19-28(33)25-11-7-8-12-26(25)30(27)32/h4-16,19,33H,3,17-18,20H2,1-2H3. The fourth-order valence-corrected chi connectivity index (χ4v) is 4.73. The van der Waals surface area contributed by atoms with Crippen LogP contribution in [-0.4, -0.2) is 22.2 Å². The van der Waals surface area contributed by atoms with E-state index in [0.717, 1.165) is 39.7 Å². The maximum Gasteiger partial charge on any atom is 0.340 e. The molecular weight excluding hydrogens is 450 g/mol. The fourth-order valence-electron chi connectivity index (χ4n) is 4.73. The van der Waals surface area contributed by atoms with Crippen LogP contribution in [0.5, 0.6) is 11.5 Å². The van der Waals surface area contributed by atoms with Crippen molar-refractivity contribution in [1.82, 2.24) is 4.57 Å². The van der Waals surface area contributed by atoms with Gasteiger partial charge in [-0.3, -0.25) is 0 Å². The van der Waals surface area contributed by atoms with E-state index in [-0.39, 0.29) is 12.4 Å². The minimum Gasteiger partial charge on any atom is -0.507 e. The van der Waals surface area contributed by atoms with Gasteiger partial charge in [-0.15, -0.1) is 0 Å². The number of phenolic OH excluding ortho intramolecular Hbond substituents is 1. The Labute approximate surface area is 210 Å². The summed E-state index contributed by atoms with van der Waals surface area (Å²) in [4.78, 5) is 13.3. The molecule has 5 aromatic rings. The van der Waals surface area contributed by atoms with E-state index in [0.29, 0.717) is 24.1 Å². The van der Waals surface area contributed by atoms with E-state index < -0.39 is 5.97 Å². The average molecular weight is 480 g/mol. The molecule has 0 fully saturated rings. The van der Waals surface area contributed by atoms with Crippen LogP contribution in [-0.2, 0) is 24.3 Å². The number of ether oxygens (including phenoxy) is 2. The van der Waals surface area contributed by atoms with Gasteiger partial charge in [0.05, 0.1) is 17.6 Å². The molecule has 4 aromatic carbocycles. The van der Waals surface area contributed by atoms with Gasteiger partial charge in [0.25, 0.3) is 0 Å². The van der Waals surface area contributed by atoms with Crippen LogP contribution >= 0.6 is 0 Å². The van der Waals surface area contributed by atoms with Gasteiger partial charge in [0, 0.05) is 21.9 Å². The molecule has 1 heterocycles. The number of aromatic hydroxyl groups is 1. The van der Waals surface area contributed by atoms with Crippen LogP contribution in [0.3, 0.4) is 0 Å². The lowest BCUT2D eigenvalue weighted by atomic mass is 10.0. The molecule has 0 amide bonds. The van der Waals surface area contributed by atoms with Crippen LogP contribution in [0.4, 0.5) is 0 Å². The van der Waals surface area contributed by atoms with Gasteiger partial charge >= 0.3 is 5.97 Å². The van der Waals surface area contributed by atoms with Gasteiger partial charge in [0.1, 0.15) is 24.7 Å². The van der Waals surface area contributed by atoms with E-state index in [2.05, 4.69) is 23.6 Å². The third kappa shape index (κ3) is 4.52. The van der Waals surface area contributed by atoms with Crippen LogP contribution in [0.25, 0.3) is 21.7 Å². The highest BCUT2D eigenvalue weighted by Gasteiger charge is 2.24. The van der Waals surface area contributed by atoms with Crippen LogP contribution in [0.2, 0.25) is 0 Å². The van der Waals surface area contributed by atoms with E-state index >= 15 is 0 Å². The SMILES string of the molecule is CCc1ccc(OCCn2c(C)c(C(=O)OCc3ccccc3)c3cc(O)c4ccccc4c32)cc1. The van der Waals surface area contributed by atoms with Crippen LogP contribution in [0, 0.1) is 6.92 Å².